The average molecular weight is 322 g/mol. The second-order valence-electron chi connectivity index (χ2n) is 6.43. The van der Waals surface area contributed by atoms with Gasteiger partial charge in [0, 0.05) is 20.3 Å². The van der Waals surface area contributed by atoms with E-state index in [0.717, 1.165) is 18.4 Å². The molecule has 0 amide bonds. The van der Waals surface area contributed by atoms with Crippen molar-refractivity contribution in [3.63, 3.8) is 0 Å². The molecule has 1 aliphatic carbocycles. The van der Waals surface area contributed by atoms with E-state index in [1.54, 1.807) is 4.88 Å². The molecular formula is C18H27NS2. The molecule has 0 aliphatic heterocycles. The number of nitrogens with one attached hydrogen (secondary N) is 1. The molecule has 2 aromatic heterocycles. The maximum absolute atomic E-state index is 3.87. The van der Waals surface area contributed by atoms with Crippen molar-refractivity contribution in [1.29, 1.82) is 0 Å². The smallest absolute Gasteiger partial charge is 0.0454 e. The van der Waals surface area contributed by atoms with Gasteiger partial charge in [0.2, 0.25) is 0 Å². The summed E-state index contributed by atoms with van der Waals surface area (Å²) in [4.78, 5) is 1.58. The van der Waals surface area contributed by atoms with Crippen LogP contribution in [0.3, 0.4) is 0 Å². The van der Waals surface area contributed by atoms with Crippen LogP contribution >= 0.6 is 22.7 Å². The molecule has 1 fully saturated rings. The summed E-state index contributed by atoms with van der Waals surface area (Å²) in [7, 11) is 0. The quantitative estimate of drug-likeness (QED) is 0.666. The molecule has 0 aromatic carbocycles. The van der Waals surface area contributed by atoms with Crippen LogP contribution < -0.4 is 5.32 Å². The highest BCUT2D eigenvalue weighted by Gasteiger charge is 2.29. The van der Waals surface area contributed by atoms with E-state index in [9.17, 15) is 0 Å². The van der Waals surface area contributed by atoms with Crippen molar-refractivity contribution in [2.45, 2.75) is 58.4 Å². The van der Waals surface area contributed by atoms with Gasteiger partial charge in [-0.05, 0) is 55.2 Å². The Hall–Kier alpha value is -0.380. The molecule has 3 atom stereocenters. The third-order valence-electron chi connectivity index (χ3n) is 4.95. The van der Waals surface area contributed by atoms with Gasteiger partial charge in [0.15, 0.2) is 0 Å². The lowest BCUT2D eigenvalue weighted by atomic mass is 9.76. The van der Waals surface area contributed by atoms with E-state index in [1.807, 2.05) is 22.7 Å². The molecule has 0 bridgehead atoms. The first-order valence-electron chi connectivity index (χ1n) is 8.52. The van der Waals surface area contributed by atoms with Gasteiger partial charge in [-0.3, -0.25) is 0 Å². The van der Waals surface area contributed by atoms with E-state index in [0.29, 0.717) is 6.04 Å². The summed E-state index contributed by atoms with van der Waals surface area (Å²) in [6, 6.07) is 5.32. The summed E-state index contributed by atoms with van der Waals surface area (Å²) in [6.45, 7) is 5.78. The number of fused-ring (bicyclic) bond motifs is 1. The van der Waals surface area contributed by atoms with Gasteiger partial charge in [-0.25, -0.2) is 0 Å². The van der Waals surface area contributed by atoms with Gasteiger partial charge in [-0.1, -0.05) is 33.1 Å². The molecule has 116 valence electrons. The second kappa shape index (κ2) is 7.26. The minimum Gasteiger partial charge on any atom is -0.309 e. The molecule has 3 unspecified atom stereocenters. The Morgan fingerprint density at radius 1 is 1.29 bits per heavy atom. The lowest BCUT2D eigenvalue weighted by Gasteiger charge is -2.34. The van der Waals surface area contributed by atoms with Gasteiger partial charge in [-0.15, -0.1) is 22.7 Å². The van der Waals surface area contributed by atoms with Crippen molar-refractivity contribution in [1.82, 2.24) is 5.32 Å². The van der Waals surface area contributed by atoms with Crippen LogP contribution in [0.2, 0.25) is 0 Å². The van der Waals surface area contributed by atoms with Gasteiger partial charge in [0.1, 0.15) is 0 Å². The Morgan fingerprint density at radius 2 is 2.19 bits per heavy atom. The van der Waals surface area contributed by atoms with Crippen LogP contribution in [-0.4, -0.2) is 6.54 Å². The predicted octanol–water partition coefficient (Wildman–Crippen LogP) is 6.22. The normalized spacial score (nSPS) is 24.5. The first kappa shape index (κ1) is 15.5. The Labute approximate surface area is 136 Å². The fourth-order valence-electron chi connectivity index (χ4n) is 3.74. The lowest BCUT2D eigenvalue weighted by molar-refractivity contribution is 0.211. The highest BCUT2D eigenvalue weighted by molar-refractivity contribution is 7.26. The summed E-state index contributed by atoms with van der Waals surface area (Å²) in [5.41, 5.74) is 0. The van der Waals surface area contributed by atoms with Crippen LogP contribution in [-0.2, 0) is 0 Å². The van der Waals surface area contributed by atoms with Crippen molar-refractivity contribution in [2.75, 3.05) is 6.54 Å². The predicted molar refractivity (Wildman–Crippen MR) is 96.5 cm³/mol. The summed E-state index contributed by atoms with van der Waals surface area (Å²) < 4.78 is 2.95. The highest BCUT2D eigenvalue weighted by atomic mass is 32.1. The minimum atomic E-state index is 0.587. The van der Waals surface area contributed by atoms with Gasteiger partial charge in [0.05, 0.1) is 0 Å². The molecule has 1 nitrogen and oxygen atoms in total. The molecule has 21 heavy (non-hydrogen) atoms. The largest absolute Gasteiger partial charge is 0.309 e. The Balaban J connectivity index is 1.80. The van der Waals surface area contributed by atoms with Gasteiger partial charge in [-0.2, -0.15) is 0 Å². The van der Waals surface area contributed by atoms with Crippen LogP contribution in [0.5, 0.6) is 0 Å². The molecule has 1 aliphatic rings. The average Bonchev–Trinajstić information content (AvgIpc) is 3.09. The molecule has 1 saturated carbocycles. The van der Waals surface area contributed by atoms with Crippen molar-refractivity contribution in [3.8, 4) is 0 Å². The number of rotatable bonds is 6. The minimum absolute atomic E-state index is 0.587. The topological polar surface area (TPSA) is 12.0 Å². The molecule has 2 aromatic rings. The first-order chi connectivity index (χ1) is 10.3. The summed E-state index contributed by atoms with van der Waals surface area (Å²) in [5.74, 6) is 1.79. The van der Waals surface area contributed by atoms with E-state index in [2.05, 4.69) is 36.7 Å². The van der Waals surface area contributed by atoms with E-state index in [4.69, 9.17) is 0 Å². The number of thiophene rings is 2. The number of hydrogen-bond acceptors (Lipinski definition) is 3. The first-order valence-corrected chi connectivity index (χ1v) is 10.2. The zero-order valence-corrected chi connectivity index (χ0v) is 14.9. The SMILES string of the molecule is CCCNC(c1cc2sccc2s1)C1CCCC(CC)C1. The Bertz CT molecular complexity index is 528. The van der Waals surface area contributed by atoms with Crippen LogP contribution in [0.15, 0.2) is 17.5 Å². The number of hydrogen-bond donors (Lipinski definition) is 1. The molecule has 0 spiro atoms. The van der Waals surface area contributed by atoms with Gasteiger partial charge >= 0.3 is 0 Å². The van der Waals surface area contributed by atoms with E-state index >= 15 is 0 Å². The van der Waals surface area contributed by atoms with E-state index in [-0.39, 0.29) is 0 Å². The Morgan fingerprint density at radius 3 is 2.95 bits per heavy atom. The van der Waals surface area contributed by atoms with Crippen LogP contribution in [0, 0.1) is 11.8 Å². The molecule has 1 N–H and O–H groups in total. The maximum atomic E-state index is 3.87. The highest BCUT2D eigenvalue weighted by Crippen LogP contribution is 2.42. The van der Waals surface area contributed by atoms with E-state index in [1.165, 1.54) is 47.9 Å². The standard InChI is InChI=1S/C18H27NS2/c1-3-9-19-18(14-7-5-6-13(4-2)11-14)17-12-16-15(21-17)8-10-20-16/h8,10,12-14,18-19H,3-7,9,11H2,1-2H3. The van der Waals surface area contributed by atoms with Gasteiger partial charge < -0.3 is 5.32 Å². The maximum Gasteiger partial charge on any atom is 0.0454 e. The monoisotopic (exact) mass is 321 g/mol. The molecule has 2 heterocycles. The molecule has 0 radical (unpaired) electrons. The zero-order chi connectivity index (χ0) is 14.7. The summed E-state index contributed by atoms with van der Waals surface area (Å²) >= 11 is 3.90. The van der Waals surface area contributed by atoms with Crippen molar-refractivity contribution < 1.29 is 0 Å². The summed E-state index contributed by atoms with van der Waals surface area (Å²) in [6.07, 6.45) is 8.28. The Kier molecular flexibility index (Phi) is 5.36. The summed E-state index contributed by atoms with van der Waals surface area (Å²) in [5, 5.41) is 6.08. The second-order valence-corrected chi connectivity index (χ2v) is 8.49. The lowest BCUT2D eigenvalue weighted by Crippen LogP contribution is -2.31. The molecular weight excluding hydrogens is 294 g/mol. The van der Waals surface area contributed by atoms with Crippen LogP contribution in [0.25, 0.3) is 9.40 Å². The van der Waals surface area contributed by atoms with Crippen molar-refractivity contribution in [2.24, 2.45) is 11.8 Å². The van der Waals surface area contributed by atoms with E-state index < -0.39 is 0 Å². The van der Waals surface area contributed by atoms with Crippen molar-refractivity contribution in [3.05, 3.63) is 22.4 Å². The van der Waals surface area contributed by atoms with Crippen LogP contribution in [0.4, 0.5) is 0 Å². The van der Waals surface area contributed by atoms with Crippen molar-refractivity contribution >= 4 is 32.1 Å². The molecule has 3 rings (SSSR count). The van der Waals surface area contributed by atoms with Gasteiger partial charge in [0.25, 0.3) is 0 Å². The third kappa shape index (κ3) is 3.52. The molecule has 0 saturated heterocycles. The zero-order valence-electron chi connectivity index (χ0n) is 13.2. The third-order valence-corrected chi connectivity index (χ3v) is 7.13. The van der Waals surface area contributed by atoms with Crippen LogP contribution in [0.1, 0.15) is 63.3 Å². The molecule has 3 heteroatoms. The fourth-order valence-corrected chi connectivity index (χ4v) is 6.03. The fraction of sp³-hybridized carbons (Fsp3) is 0.667.